The fourth-order valence-electron chi connectivity index (χ4n) is 1.86. The van der Waals surface area contributed by atoms with E-state index in [0.717, 1.165) is 12.3 Å². The molecule has 0 bridgehead atoms. The minimum Gasteiger partial charge on any atom is -0.392 e. The smallest absolute Gasteiger partial charge is 0.0644 e. The van der Waals surface area contributed by atoms with Crippen molar-refractivity contribution in [2.24, 2.45) is 11.8 Å². The van der Waals surface area contributed by atoms with E-state index in [1.54, 1.807) is 0 Å². The van der Waals surface area contributed by atoms with Crippen molar-refractivity contribution in [1.82, 2.24) is 0 Å². The summed E-state index contributed by atoms with van der Waals surface area (Å²) < 4.78 is 0. The molecule has 1 rings (SSSR count). The van der Waals surface area contributed by atoms with Crippen molar-refractivity contribution in [1.29, 1.82) is 0 Å². The quantitative estimate of drug-likeness (QED) is 0.581. The summed E-state index contributed by atoms with van der Waals surface area (Å²) >= 11 is 0. The molecule has 0 fully saturated rings. The Morgan fingerprint density at radius 3 is 2.80 bits per heavy atom. The van der Waals surface area contributed by atoms with Gasteiger partial charge in [0.2, 0.25) is 0 Å². The van der Waals surface area contributed by atoms with Crippen LogP contribution in [-0.4, -0.2) is 11.7 Å². The third kappa shape index (κ3) is 1.24. The molecule has 2 unspecified atom stereocenters. The van der Waals surface area contributed by atoms with Crippen molar-refractivity contribution in [3.63, 3.8) is 0 Å². The van der Waals surface area contributed by atoms with E-state index >= 15 is 0 Å². The van der Waals surface area contributed by atoms with Crippen molar-refractivity contribution in [2.45, 2.75) is 26.7 Å². The Kier molecular flexibility index (Phi) is 2.50. The van der Waals surface area contributed by atoms with Gasteiger partial charge < -0.3 is 5.11 Å². The number of aliphatic hydroxyl groups is 1. The van der Waals surface area contributed by atoms with E-state index in [9.17, 15) is 0 Å². The fraction of sp³-hybridized carbons (Fsp3) is 0.778. The molecule has 0 saturated heterocycles. The predicted molar refractivity (Wildman–Crippen MR) is 42.7 cm³/mol. The van der Waals surface area contributed by atoms with Crippen molar-refractivity contribution < 1.29 is 5.11 Å². The Morgan fingerprint density at radius 1 is 1.70 bits per heavy atom. The van der Waals surface area contributed by atoms with Gasteiger partial charge in [-0.2, -0.15) is 0 Å². The number of hydrogen-bond acceptors (Lipinski definition) is 1. The molecule has 1 aliphatic rings. The first kappa shape index (κ1) is 7.80. The Labute approximate surface area is 62.8 Å². The Morgan fingerprint density at radius 2 is 2.40 bits per heavy atom. The van der Waals surface area contributed by atoms with Gasteiger partial charge in [0.25, 0.3) is 0 Å². The molecule has 1 nitrogen and oxygen atoms in total. The van der Waals surface area contributed by atoms with Gasteiger partial charge in [-0.15, -0.1) is 0 Å². The maximum absolute atomic E-state index is 8.92. The monoisotopic (exact) mass is 140 g/mol. The second-order valence-corrected chi connectivity index (χ2v) is 3.16. The van der Waals surface area contributed by atoms with Crippen molar-refractivity contribution >= 4 is 0 Å². The lowest BCUT2D eigenvalue weighted by Gasteiger charge is -2.15. The Bertz CT molecular complexity index is 138. The van der Waals surface area contributed by atoms with Gasteiger partial charge in [0.15, 0.2) is 0 Å². The third-order valence-electron chi connectivity index (χ3n) is 2.54. The third-order valence-corrected chi connectivity index (χ3v) is 2.54. The van der Waals surface area contributed by atoms with Crippen LogP contribution in [0.1, 0.15) is 26.7 Å². The minimum atomic E-state index is 0.267. The van der Waals surface area contributed by atoms with Gasteiger partial charge in [0, 0.05) is 0 Å². The van der Waals surface area contributed by atoms with Crippen LogP contribution in [0.3, 0.4) is 0 Å². The van der Waals surface area contributed by atoms with E-state index in [0.29, 0.717) is 5.92 Å². The second kappa shape index (κ2) is 3.20. The molecular weight excluding hydrogens is 124 g/mol. The molecule has 0 radical (unpaired) electrons. The number of allylic oxidation sites excluding steroid dienone is 1. The highest BCUT2D eigenvalue weighted by atomic mass is 16.3. The standard InChI is InChI=1S/C9H16O/c1-3-9-7(2)4-5-8(9)6-10/h5,7,9-10H,3-4,6H2,1-2H3. The number of rotatable bonds is 2. The summed E-state index contributed by atoms with van der Waals surface area (Å²) in [6, 6.07) is 0. The molecule has 0 aromatic rings. The lowest BCUT2D eigenvalue weighted by Crippen LogP contribution is -2.08. The van der Waals surface area contributed by atoms with Crippen LogP contribution >= 0.6 is 0 Å². The van der Waals surface area contributed by atoms with Crippen LogP contribution < -0.4 is 0 Å². The first-order chi connectivity index (χ1) is 4.79. The lowest BCUT2D eigenvalue weighted by atomic mass is 9.91. The molecule has 1 heteroatoms. The topological polar surface area (TPSA) is 20.2 Å². The highest BCUT2D eigenvalue weighted by molar-refractivity contribution is 5.14. The van der Waals surface area contributed by atoms with Gasteiger partial charge in [0.05, 0.1) is 6.61 Å². The van der Waals surface area contributed by atoms with Gasteiger partial charge in [-0.05, 0) is 30.3 Å². The summed E-state index contributed by atoms with van der Waals surface area (Å²) in [7, 11) is 0. The SMILES string of the molecule is CCC1C(CO)=CCC1C. The lowest BCUT2D eigenvalue weighted by molar-refractivity contribution is 0.301. The highest BCUT2D eigenvalue weighted by Gasteiger charge is 2.23. The van der Waals surface area contributed by atoms with Crippen molar-refractivity contribution in [2.75, 3.05) is 6.61 Å². The molecule has 0 aromatic heterocycles. The van der Waals surface area contributed by atoms with Gasteiger partial charge >= 0.3 is 0 Å². The molecular formula is C9H16O. The summed E-state index contributed by atoms with van der Waals surface area (Å²) in [6.07, 6.45) is 4.53. The van der Waals surface area contributed by atoms with Crippen molar-refractivity contribution in [3.8, 4) is 0 Å². The van der Waals surface area contributed by atoms with Crippen LogP contribution in [0.15, 0.2) is 11.6 Å². The van der Waals surface area contributed by atoms with Crippen LogP contribution in [0.25, 0.3) is 0 Å². The zero-order valence-corrected chi connectivity index (χ0v) is 6.80. The van der Waals surface area contributed by atoms with E-state index < -0.39 is 0 Å². The molecule has 0 amide bonds. The molecule has 1 aliphatic carbocycles. The average molecular weight is 140 g/mol. The molecule has 0 heterocycles. The first-order valence-electron chi connectivity index (χ1n) is 4.09. The normalized spacial score (nSPS) is 32.5. The number of aliphatic hydroxyl groups excluding tert-OH is 1. The predicted octanol–water partition coefficient (Wildman–Crippen LogP) is 1.97. The molecule has 10 heavy (non-hydrogen) atoms. The van der Waals surface area contributed by atoms with Crippen LogP contribution in [0, 0.1) is 11.8 Å². The van der Waals surface area contributed by atoms with E-state index in [1.807, 2.05) is 0 Å². The fourth-order valence-corrected chi connectivity index (χ4v) is 1.86. The van der Waals surface area contributed by atoms with Crippen LogP contribution in [0.5, 0.6) is 0 Å². The van der Waals surface area contributed by atoms with E-state index in [1.165, 1.54) is 12.0 Å². The maximum Gasteiger partial charge on any atom is 0.0644 e. The highest BCUT2D eigenvalue weighted by Crippen LogP contribution is 2.33. The van der Waals surface area contributed by atoms with E-state index in [-0.39, 0.29) is 6.61 Å². The van der Waals surface area contributed by atoms with Gasteiger partial charge in [-0.3, -0.25) is 0 Å². The first-order valence-corrected chi connectivity index (χ1v) is 4.09. The second-order valence-electron chi connectivity index (χ2n) is 3.16. The molecule has 58 valence electrons. The van der Waals surface area contributed by atoms with E-state index in [2.05, 4.69) is 19.9 Å². The van der Waals surface area contributed by atoms with Crippen LogP contribution in [-0.2, 0) is 0 Å². The summed E-state index contributed by atoms with van der Waals surface area (Å²) in [5, 5.41) is 8.92. The summed E-state index contributed by atoms with van der Waals surface area (Å²) in [5.74, 6) is 1.41. The molecule has 1 N–H and O–H groups in total. The zero-order chi connectivity index (χ0) is 7.56. The molecule has 0 saturated carbocycles. The zero-order valence-electron chi connectivity index (χ0n) is 6.80. The molecule has 0 spiro atoms. The Balaban J connectivity index is 2.57. The summed E-state index contributed by atoms with van der Waals surface area (Å²) in [5.41, 5.74) is 1.26. The van der Waals surface area contributed by atoms with Gasteiger partial charge in [-0.25, -0.2) is 0 Å². The van der Waals surface area contributed by atoms with Gasteiger partial charge in [-0.1, -0.05) is 19.9 Å². The maximum atomic E-state index is 8.92. The largest absolute Gasteiger partial charge is 0.392 e. The summed E-state index contributed by atoms with van der Waals surface area (Å²) in [6.45, 7) is 4.71. The number of hydrogen-bond donors (Lipinski definition) is 1. The molecule has 2 atom stereocenters. The van der Waals surface area contributed by atoms with Crippen molar-refractivity contribution in [3.05, 3.63) is 11.6 Å². The minimum absolute atomic E-state index is 0.267. The van der Waals surface area contributed by atoms with Crippen LogP contribution in [0.4, 0.5) is 0 Å². The van der Waals surface area contributed by atoms with Crippen LogP contribution in [0.2, 0.25) is 0 Å². The Hall–Kier alpha value is -0.300. The molecule has 0 aliphatic heterocycles. The summed E-state index contributed by atoms with van der Waals surface area (Å²) in [4.78, 5) is 0. The molecule has 0 aromatic carbocycles. The average Bonchev–Trinajstić information content (AvgIpc) is 2.30. The van der Waals surface area contributed by atoms with Gasteiger partial charge in [0.1, 0.15) is 0 Å². The van der Waals surface area contributed by atoms with E-state index in [4.69, 9.17) is 5.11 Å².